The molecule has 46 valence electrons. The Balaban J connectivity index is 2.51. The molecule has 0 aliphatic carbocycles. The Morgan fingerprint density at radius 3 is 2.38 bits per heavy atom. The Kier molecular flexibility index (Phi) is 1.21. The van der Waals surface area contributed by atoms with Crippen molar-refractivity contribution in [2.45, 2.75) is 26.1 Å². The molecule has 1 heterocycles. The average Bonchev–Trinajstić information content (AvgIpc) is 1.85. The van der Waals surface area contributed by atoms with E-state index >= 15 is 0 Å². The second-order valence-electron chi connectivity index (χ2n) is 1.97. The number of ether oxygens (including phenoxy) is 1. The lowest BCUT2D eigenvalue weighted by Gasteiger charge is -1.97. The summed E-state index contributed by atoms with van der Waals surface area (Å²) in [6.45, 7) is 3.59. The molecule has 0 radical (unpaired) electrons. The third-order valence-corrected chi connectivity index (χ3v) is 1.13. The summed E-state index contributed by atoms with van der Waals surface area (Å²) in [6, 6.07) is -0.120. The van der Waals surface area contributed by atoms with Crippen LogP contribution in [0.25, 0.3) is 0 Å². The number of hydrogen-bond acceptors (Lipinski definition) is 3. The maximum absolute atomic E-state index is 10.5. The van der Waals surface area contributed by atoms with Crippen LogP contribution in [0.2, 0.25) is 0 Å². The molecule has 8 heavy (non-hydrogen) atoms. The zero-order valence-corrected chi connectivity index (χ0v) is 4.97. The first-order chi connectivity index (χ1) is 3.70. The monoisotopic (exact) mass is 115 g/mol. The zero-order valence-electron chi connectivity index (χ0n) is 4.97. The molecule has 0 spiro atoms. The van der Waals surface area contributed by atoms with Gasteiger partial charge in [0.05, 0.1) is 0 Å². The van der Waals surface area contributed by atoms with Gasteiger partial charge < -0.3 is 4.74 Å². The summed E-state index contributed by atoms with van der Waals surface area (Å²) < 4.78 is 4.72. The van der Waals surface area contributed by atoms with E-state index in [4.69, 9.17) is 4.74 Å². The van der Waals surface area contributed by atoms with Crippen molar-refractivity contribution >= 4 is 5.97 Å². The van der Waals surface area contributed by atoms with Crippen molar-refractivity contribution < 1.29 is 9.53 Å². The van der Waals surface area contributed by atoms with Crippen LogP contribution in [0.4, 0.5) is 0 Å². The fourth-order valence-corrected chi connectivity index (χ4v) is 0.730. The molecule has 1 N–H and O–H groups in total. The first-order valence-electron chi connectivity index (χ1n) is 2.66. The number of esters is 1. The van der Waals surface area contributed by atoms with Gasteiger partial charge in [-0.15, -0.1) is 0 Å². The molecule has 1 fully saturated rings. The van der Waals surface area contributed by atoms with Crippen molar-refractivity contribution in [2.24, 2.45) is 0 Å². The van der Waals surface area contributed by atoms with Gasteiger partial charge in [-0.3, -0.25) is 10.1 Å². The molecule has 1 saturated heterocycles. The van der Waals surface area contributed by atoms with E-state index in [1.165, 1.54) is 0 Å². The molecule has 0 aromatic rings. The van der Waals surface area contributed by atoms with E-state index in [0.29, 0.717) is 0 Å². The van der Waals surface area contributed by atoms with Crippen molar-refractivity contribution in [3.63, 3.8) is 0 Å². The lowest BCUT2D eigenvalue weighted by Crippen LogP contribution is -2.26. The predicted octanol–water partition coefficient (Wildman–Crippen LogP) is -0.133. The van der Waals surface area contributed by atoms with Crippen molar-refractivity contribution in [1.29, 1.82) is 0 Å². The molecule has 1 aliphatic heterocycles. The summed E-state index contributed by atoms with van der Waals surface area (Å²) in [5.41, 5.74) is 0. The summed E-state index contributed by atoms with van der Waals surface area (Å²) in [5, 5.41) is 2.89. The summed E-state index contributed by atoms with van der Waals surface area (Å²) in [5.74, 6) is -0.155. The highest BCUT2D eigenvalue weighted by Gasteiger charge is 2.25. The van der Waals surface area contributed by atoms with Gasteiger partial charge in [0.15, 0.2) is 6.23 Å². The largest absolute Gasteiger partial charge is 0.446 e. The third kappa shape index (κ3) is 0.816. The van der Waals surface area contributed by atoms with Crippen molar-refractivity contribution in [3.8, 4) is 0 Å². The zero-order chi connectivity index (χ0) is 6.15. The lowest BCUT2D eigenvalue weighted by molar-refractivity contribution is -0.141. The van der Waals surface area contributed by atoms with Crippen LogP contribution in [-0.2, 0) is 9.53 Å². The minimum Gasteiger partial charge on any atom is -0.446 e. The number of rotatable bonds is 0. The second-order valence-corrected chi connectivity index (χ2v) is 1.97. The maximum atomic E-state index is 10.5. The van der Waals surface area contributed by atoms with Gasteiger partial charge in [-0.1, -0.05) is 0 Å². The molecule has 0 bridgehead atoms. The van der Waals surface area contributed by atoms with Crippen LogP contribution in [0.5, 0.6) is 0 Å². The molecule has 1 rings (SSSR count). The molecule has 1 aliphatic rings. The molecule has 3 heteroatoms. The second kappa shape index (κ2) is 1.74. The van der Waals surface area contributed by atoms with Gasteiger partial charge in [-0.05, 0) is 13.8 Å². The SMILES string of the molecule is CC1NC(C)C(=O)O1. The first kappa shape index (κ1) is 5.56. The van der Waals surface area contributed by atoms with Crippen LogP contribution >= 0.6 is 0 Å². The summed E-state index contributed by atoms with van der Waals surface area (Å²) >= 11 is 0. The lowest BCUT2D eigenvalue weighted by atomic mass is 10.4. The summed E-state index contributed by atoms with van der Waals surface area (Å²) in [6.07, 6.45) is -0.0995. The van der Waals surface area contributed by atoms with Crippen molar-refractivity contribution in [1.82, 2.24) is 5.32 Å². The van der Waals surface area contributed by atoms with Gasteiger partial charge in [0.2, 0.25) is 0 Å². The minimum atomic E-state index is -0.155. The van der Waals surface area contributed by atoms with Crippen LogP contribution in [0.15, 0.2) is 0 Å². The highest BCUT2D eigenvalue weighted by atomic mass is 16.6. The van der Waals surface area contributed by atoms with Gasteiger partial charge >= 0.3 is 5.97 Å². The molecule has 2 unspecified atom stereocenters. The summed E-state index contributed by atoms with van der Waals surface area (Å²) in [7, 11) is 0. The Morgan fingerprint density at radius 1 is 1.62 bits per heavy atom. The molecule has 0 amide bonds. The number of hydrogen-bond donors (Lipinski definition) is 1. The van der Waals surface area contributed by atoms with E-state index in [0.717, 1.165) is 0 Å². The van der Waals surface area contributed by atoms with Gasteiger partial charge in [0, 0.05) is 0 Å². The highest BCUT2D eigenvalue weighted by Crippen LogP contribution is 2.01. The van der Waals surface area contributed by atoms with Gasteiger partial charge in [-0.2, -0.15) is 0 Å². The molecule has 0 saturated carbocycles. The van der Waals surface area contributed by atoms with Crippen LogP contribution in [0.1, 0.15) is 13.8 Å². The van der Waals surface area contributed by atoms with Crippen molar-refractivity contribution in [3.05, 3.63) is 0 Å². The number of carbonyl (C=O) groups excluding carboxylic acids is 1. The Morgan fingerprint density at radius 2 is 2.25 bits per heavy atom. The van der Waals surface area contributed by atoms with Crippen LogP contribution in [0, 0.1) is 0 Å². The number of carbonyl (C=O) groups is 1. The van der Waals surface area contributed by atoms with Crippen molar-refractivity contribution in [2.75, 3.05) is 0 Å². The normalized spacial score (nSPS) is 37.5. The average molecular weight is 115 g/mol. The van der Waals surface area contributed by atoms with Gasteiger partial charge in [0.1, 0.15) is 6.04 Å². The highest BCUT2D eigenvalue weighted by molar-refractivity contribution is 5.77. The standard InChI is InChI=1S/C5H9NO2/c1-3-5(7)8-4(2)6-3/h3-4,6H,1-2H3. The van der Waals surface area contributed by atoms with E-state index in [1.54, 1.807) is 13.8 Å². The maximum Gasteiger partial charge on any atom is 0.324 e. The third-order valence-electron chi connectivity index (χ3n) is 1.13. The molecular weight excluding hydrogens is 106 g/mol. The molecule has 0 aromatic heterocycles. The topological polar surface area (TPSA) is 38.3 Å². The smallest absolute Gasteiger partial charge is 0.324 e. The van der Waals surface area contributed by atoms with E-state index in [1.807, 2.05) is 0 Å². The molecule has 0 aromatic carbocycles. The van der Waals surface area contributed by atoms with Crippen LogP contribution in [0.3, 0.4) is 0 Å². The first-order valence-corrected chi connectivity index (χ1v) is 2.66. The minimum absolute atomic E-state index is 0.0995. The van der Waals surface area contributed by atoms with Crippen LogP contribution < -0.4 is 5.32 Å². The Bertz CT molecular complexity index is 113. The fraction of sp³-hybridized carbons (Fsp3) is 0.800. The van der Waals surface area contributed by atoms with Crippen LogP contribution in [-0.4, -0.2) is 18.2 Å². The van der Waals surface area contributed by atoms with E-state index in [2.05, 4.69) is 5.32 Å². The Hall–Kier alpha value is -0.570. The quantitative estimate of drug-likeness (QED) is 0.447. The number of cyclic esters (lactones) is 1. The van der Waals surface area contributed by atoms with Gasteiger partial charge in [-0.25, -0.2) is 0 Å². The van der Waals surface area contributed by atoms with Gasteiger partial charge in [0.25, 0.3) is 0 Å². The predicted molar refractivity (Wildman–Crippen MR) is 28.2 cm³/mol. The van der Waals surface area contributed by atoms with E-state index in [9.17, 15) is 4.79 Å². The fourth-order valence-electron chi connectivity index (χ4n) is 0.730. The Labute approximate surface area is 48.0 Å². The molecular formula is C5H9NO2. The molecule has 2 atom stereocenters. The molecule has 3 nitrogen and oxygen atoms in total. The number of nitrogens with one attached hydrogen (secondary N) is 1. The van der Waals surface area contributed by atoms with E-state index in [-0.39, 0.29) is 18.2 Å². The van der Waals surface area contributed by atoms with E-state index < -0.39 is 0 Å². The summed E-state index contributed by atoms with van der Waals surface area (Å²) in [4.78, 5) is 10.5.